The first kappa shape index (κ1) is 24.0. The van der Waals surface area contributed by atoms with Crippen molar-refractivity contribution < 1.29 is 28.5 Å². The fourth-order valence-corrected chi connectivity index (χ4v) is 6.39. The highest BCUT2D eigenvalue weighted by atomic mass is 16.9. The molecule has 7 heteroatoms. The first-order valence-electron chi connectivity index (χ1n) is 13.8. The number of fused-ring (bicyclic) bond motifs is 3. The van der Waals surface area contributed by atoms with E-state index in [2.05, 4.69) is 12.2 Å². The molecule has 188 valence electrons. The predicted octanol–water partition coefficient (Wildman–Crippen LogP) is 4.71. The zero-order valence-corrected chi connectivity index (χ0v) is 20.4. The van der Waals surface area contributed by atoms with Crippen molar-refractivity contribution in [3.8, 4) is 0 Å². The van der Waals surface area contributed by atoms with Crippen LogP contribution in [0.25, 0.3) is 0 Å². The van der Waals surface area contributed by atoms with Gasteiger partial charge < -0.3 is 29.0 Å². The lowest BCUT2D eigenvalue weighted by molar-refractivity contribution is -0.247. The van der Waals surface area contributed by atoms with Gasteiger partial charge in [0.05, 0.1) is 0 Å². The molecule has 0 aromatic carbocycles. The van der Waals surface area contributed by atoms with E-state index in [0.29, 0.717) is 6.54 Å². The number of rotatable bonds is 8. The summed E-state index contributed by atoms with van der Waals surface area (Å²) in [7, 11) is 0. The van der Waals surface area contributed by atoms with Crippen molar-refractivity contribution in [3.05, 3.63) is 0 Å². The second-order valence-electron chi connectivity index (χ2n) is 10.8. The summed E-state index contributed by atoms with van der Waals surface area (Å²) in [5, 5.41) is 3.10. The van der Waals surface area contributed by atoms with Gasteiger partial charge in [-0.3, -0.25) is 4.79 Å². The van der Waals surface area contributed by atoms with E-state index in [1.165, 1.54) is 38.5 Å². The molecular formula is C26H43NO6. The maximum absolute atomic E-state index is 13.2. The van der Waals surface area contributed by atoms with Crippen LogP contribution in [-0.4, -0.2) is 54.7 Å². The highest BCUT2D eigenvalue weighted by Crippen LogP contribution is 2.50. The van der Waals surface area contributed by atoms with Crippen LogP contribution >= 0.6 is 0 Å². The van der Waals surface area contributed by atoms with Gasteiger partial charge in [0.2, 0.25) is 0 Å². The number of nitrogens with one attached hydrogen (secondary N) is 1. The Labute approximate surface area is 198 Å². The minimum Gasteiger partial charge on any atom is -0.354 e. The minimum atomic E-state index is -0.722. The Hall–Kier alpha value is -0.730. The second-order valence-corrected chi connectivity index (χ2v) is 10.8. The molecule has 5 aliphatic rings. The van der Waals surface area contributed by atoms with E-state index >= 15 is 0 Å². The highest BCUT2D eigenvalue weighted by Gasteiger charge is 2.65. The molecule has 3 heterocycles. The summed E-state index contributed by atoms with van der Waals surface area (Å²) in [5.74, 6) is -1.30. The van der Waals surface area contributed by atoms with Gasteiger partial charge in [-0.1, -0.05) is 51.9 Å². The molecule has 33 heavy (non-hydrogen) atoms. The number of carbonyl (C=O) groups is 1. The van der Waals surface area contributed by atoms with Crippen molar-refractivity contribution in [1.82, 2.24) is 5.32 Å². The van der Waals surface area contributed by atoms with Crippen molar-refractivity contribution in [2.24, 2.45) is 0 Å². The lowest BCUT2D eigenvalue weighted by Crippen LogP contribution is -2.59. The lowest BCUT2D eigenvalue weighted by Gasteiger charge is -2.36. The maximum Gasteiger partial charge on any atom is 0.252 e. The number of hydrogen-bond donors (Lipinski definition) is 1. The van der Waals surface area contributed by atoms with Gasteiger partial charge in [0.15, 0.2) is 24.0 Å². The largest absolute Gasteiger partial charge is 0.354 e. The zero-order valence-electron chi connectivity index (χ0n) is 20.4. The number of carbonyl (C=O) groups excluding carboxylic acids is 1. The molecule has 1 amide bonds. The van der Waals surface area contributed by atoms with Crippen LogP contribution in [0.4, 0.5) is 0 Å². The topological polar surface area (TPSA) is 75.3 Å². The average Bonchev–Trinajstić information content (AvgIpc) is 3.36. The van der Waals surface area contributed by atoms with E-state index in [1.54, 1.807) is 0 Å². The first-order chi connectivity index (χ1) is 16.1. The van der Waals surface area contributed by atoms with E-state index in [4.69, 9.17) is 23.7 Å². The monoisotopic (exact) mass is 465 g/mol. The van der Waals surface area contributed by atoms with Crippen molar-refractivity contribution in [2.45, 2.75) is 152 Å². The number of unbranched alkanes of at least 4 members (excludes halogenated alkanes) is 5. The van der Waals surface area contributed by atoms with Crippen molar-refractivity contribution in [2.75, 3.05) is 6.54 Å². The minimum absolute atomic E-state index is 0.110. The van der Waals surface area contributed by atoms with Crippen molar-refractivity contribution >= 4 is 5.91 Å². The summed E-state index contributed by atoms with van der Waals surface area (Å²) in [5.41, 5.74) is 0. The fraction of sp³-hybridized carbons (Fsp3) is 0.962. The fourth-order valence-electron chi connectivity index (χ4n) is 6.39. The molecule has 0 radical (unpaired) electrons. The standard InChI is InChI=1S/C26H43NO6/c1-2-3-4-5-6-13-18-27-23(28)21-19-20(31-25(30-19)14-9-7-10-15-25)22-24(29-21)33-26(32-22)16-11-8-12-17-26/h19-22,24H,2-18H2,1H3,(H,27,28). The van der Waals surface area contributed by atoms with Gasteiger partial charge in [0, 0.05) is 32.2 Å². The van der Waals surface area contributed by atoms with E-state index in [1.807, 2.05) is 0 Å². The van der Waals surface area contributed by atoms with Gasteiger partial charge in [-0.25, -0.2) is 0 Å². The Morgan fingerprint density at radius 1 is 0.727 bits per heavy atom. The number of ether oxygens (including phenoxy) is 5. The Morgan fingerprint density at radius 2 is 1.30 bits per heavy atom. The second kappa shape index (κ2) is 10.5. The van der Waals surface area contributed by atoms with Gasteiger partial charge in [0.1, 0.15) is 18.3 Å². The van der Waals surface area contributed by atoms with Crippen LogP contribution in [0, 0.1) is 0 Å². The van der Waals surface area contributed by atoms with Gasteiger partial charge in [-0.05, 0) is 32.1 Å². The predicted molar refractivity (Wildman–Crippen MR) is 122 cm³/mol. The molecule has 3 saturated heterocycles. The molecule has 5 fully saturated rings. The molecular weight excluding hydrogens is 422 g/mol. The lowest BCUT2D eigenvalue weighted by atomic mass is 9.94. The van der Waals surface area contributed by atoms with Crippen LogP contribution in [0.2, 0.25) is 0 Å². The zero-order chi connectivity index (χ0) is 22.7. The quantitative estimate of drug-likeness (QED) is 0.524. The molecule has 3 aliphatic heterocycles. The Balaban J connectivity index is 1.24. The highest BCUT2D eigenvalue weighted by molar-refractivity contribution is 5.81. The van der Waals surface area contributed by atoms with E-state index in [-0.39, 0.29) is 18.1 Å². The van der Waals surface area contributed by atoms with Crippen LogP contribution in [0.1, 0.15) is 110 Å². The SMILES string of the molecule is CCCCCCCCNC(=O)C1OC2OC3(CCCCC3)OC2C2OC3(CCCCC3)OC12. The van der Waals surface area contributed by atoms with Crippen LogP contribution in [0.5, 0.6) is 0 Å². The number of hydrogen-bond acceptors (Lipinski definition) is 6. The summed E-state index contributed by atoms with van der Waals surface area (Å²) >= 11 is 0. The van der Waals surface area contributed by atoms with Crippen molar-refractivity contribution in [3.63, 3.8) is 0 Å². The molecule has 5 atom stereocenters. The normalized spacial score (nSPS) is 36.6. The first-order valence-corrected chi connectivity index (χ1v) is 13.8. The summed E-state index contributed by atoms with van der Waals surface area (Å²) in [6.07, 6.45) is 15.0. The summed E-state index contributed by atoms with van der Waals surface area (Å²) in [4.78, 5) is 13.2. The van der Waals surface area contributed by atoms with E-state index < -0.39 is 30.1 Å². The third-order valence-electron chi connectivity index (χ3n) is 8.20. The van der Waals surface area contributed by atoms with Gasteiger partial charge in [-0.2, -0.15) is 0 Å². The molecule has 2 aliphatic carbocycles. The molecule has 0 aromatic heterocycles. The van der Waals surface area contributed by atoms with Crippen LogP contribution < -0.4 is 5.32 Å². The number of amides is 1. The molecule has 5 rings (SSSR count). The molecule has 5 unspecified atom stereocenters. The maximum atomic E-state index is 13.2. The van der Waals surface area contributed by atoms with Gasteiger partial charge in [-0.15, -0.1) is 0 Å². The smallest absolute Gasteiger partial charge is 0.252 e. The molecule has 7 nitrogen and oxygen atoms in total. The van der Waals surface area contributed by atoms with Crippen LogP contribution in [0.3, 0.4) is 0 Å². The van der Waals surface area contributed by atoms with E-state index in [0.717, 1.165) is 64.2 Å². The molecule has 2 saturated carbocycles. The molecule has 0 bridgehead atoms. The third-order valence-corrected chi connectivity index (χ3v) is 8.20. The average molecular weight is 466 g/mol. The van der Waals surface area contributed by atoms with E-state index in [9.17, 15) is 4.79 Å². The van der Waals surface area contributed by atoms with Gasteiger partial charge >= 0.3 is 0 Å². The van der Waals surface area contributed by atoms with Crippen molar-refractivity contribution in [1.29, 1.82) is 0 Å². The Kier molecular flexibility index (Phi) is 7.62. The summed E-state index contributed by atoms with van der Waals surface area (Å²) < 4.78 is 32.4. The summed E-state index contributed by atoms with van der Waals surface area (Å²) in [6.45, 7) is 2.90. The molecule has 0 aromatic rings. The molecule has 1 N–H and O–H groups in total. The van der Waals surface area contributed by atoms with Crippen LogP contribution in [0.15, 0.2) is 0 Å². The van der Waals surface area contributed by atoms with Crippen LogP contribution in [-0.2, 0) is 28.5 Å². The van der Waals surface area contributed by atoms with Gasteiger partial charge in [0.25, 0.3) is 5.91 Å². The Bertz CT molecular complexity index is 659. The third kappa shape index (κ3) is 5.13. The molecule has 2 spiro atoms. The summed E-state index contributed by atoms with van der Waals surface area (Å²) in [6, 6.07) is 0. The Morgan fingerprint density at radius 3 is 2.00 bits per heavy atom.